The van der Waals surface area contributed by atoms with Crippen LogP contribution in [0.15, 0.2) is 90.1 Å². The lowest BCUT2D eigenvalue weighted by Gasteiger charge is -2.21. The lowest BCUT2D eigenvalue weighted by molar-refractivity contribution is 0.405. The number of nitrogens with zero attached hydrogens (tertiary/aromatic N) is 6. The lowest BCUT2D eigenvalue weighted by Crippen LogP contribution is -2.27. The Kier molecular flexibility index (Phi) is 6.37. The van der Waals surface area contributed by atoms with E-state index in [9.17, 15) is 9.18 Å². The van der Waals surface area contributed by atoms with Crippen LogP contribution in [-0.2, 0) is 6.42 Å². The van der Waals surface area contributed by atoms with E-state index in [0.29, 0.717) is 50.9 Å². The van der Waals surface area contributed by atoms with Crippen molar-refractivity contribution in [3.8, 4) is 22.6 Å². The number of nitrogens with one attached hydrogen (secondary N) is 1. The van der Waals surface area contributed by atoms with Crippen molar-refractivity contribution in [1.82, 2.24) is 34.7 Å². The van der Waals surface area contributed by atoms with E-state index in [1.165, 1.54) is 36.3 Å². The number of aromatic amines is 1. The largest absolute Gasteiger partial charge is 0.495 e. The van der Waals surface area contributed by atoms with E-state index in [2.05, 4.69) is 20.5 Å². The summed E-state index contributed by atoms with van der Waals surface area (Å²) < 4.78 is 22.7. The highest BCUT2D eigenvalue weighted by Crippen LogP contribution is 2.35. The molecule has 0 aliphatic heterocycles. The SMILES string of the molecule is COc1cn(C(Cc2ccccc2)c2nc3ccc(F)cc3[nH]2)c(=O)cc1-c1cc(Cl)ccc1-n1cnnn1. The number of pyridine rings is 1. The first-order chi connectivity index (χ1) is 19.0. The molecule has 3 heterocycles. The summed E-state index contributed by atoms with van der Waals surface area (Å²) in [4.78, 5) is 21.7. The zero-order chi connectivity index (χ0) is 26.9. The van der Waals surface area contributed by atoms with Crippen LogP contribution in [0.3, 0.4) is 0 Å². The van der Waals surface area contributed by atoms with E-state index < -0.39 is 6.04 Å². The highest BCUT2D eigenvalue weighted by molar-refractivity contribution is 6.31. The molecule has 0 saturated carbocycles. The molecule has 1 unspecified atom stereocenters. The number of aromatic nitrogens is 7. The molecule has 0 amide bonds. The molecule has 39 heavy (non-hydrogen) atoms. The average Bonchev–Trinajstić information content (AvgIpc) is 3.62. The van der Waals surface area contributed by atoms with Gasteiger partial charge in [0.05, 0.1) is 36.1 Å². The molecule has 194 valence electrons. The number of H-pyrrole nitrogens is 1. The van der Waals surface area contributed by atoms with E-state index in [4.69, 9.17) is 21.3 Å². The van der Waals surface area contributed by atoms with Crippen molar-refractivity contribution >= 4 is 22.6 Å². The summed E-state index contributed by atoms with van der Waals surface area (Å²) in [6.07, 6.45) is 3.57. The highest BCUT2D eigenvalue weighted by Gasteiger charge is 2.23. The summed E-state index contributed by atoms with van der Waals surface area (Å²) in [6, 6.07) is 20.3. The molecule has 9 nitrogen and oxygen atoms in total. The van der Waals surface area contributed by atoms with Crippen LogP contribution < -0.4 is 10.3 Å². The van der Waals surface area contributed by atoms with Gasteiger partial charge in [-0.2, -0.15) is 4.68 Å². The van der Waals surface area contributed by atoms with Gasteiger partial charge in [-0.1, -0.05) is 41.9 Å². The van der Waals surface area contributed by atoms with Gasteiger partial charge in [-0.05, 0) is 52.4 Å². The predicted octanol–water partition coefficient (Wildman–Crippen LogP) is 5.00. The van der Waals surface area contributed by atoms with Crippen LogP contribution in [0, 0.1) is 5.82 Å². The Labute approximate surface area is 226 Å². The van der Waals surface area contributed by atoms with Crippen LogP contribution >= 0.6 is 11.6 Å². The lowest BCUT2D eigenvalue weighted by atomic mass is 10.0. The molecule has 6 aromatic rings. The number of hydrogen-bond donors (Lipinski definition) is 1. The van der Waals surface area contributed by atoms with Gasteiger partial charge < -0.3 is 14.3 Å². The van der Waals surface area contributed by atoms with Crippen LogP contribution in [0.2, 0.25) is 5.02 Å². The maximum Gasteiger partial charge on any atom is 0.252 e. The Morgan fingerprint density at radius 1 is 1.05 bits per heavy atom. The molecule has 1 atom stereocenters. The summed E-state index contributed by atoms with van der Waals surface area (Å²) >= 11 is 6.34. The third-order valence-electron chi connectivity index (χ3n) is 6.49. The van der Waals surface area contributed by atoms with Gasteiger partial charge in [-0.25, -0.2) is 9.37 Å². The molecule has 6 rings (SSSR count). The first kappa shape index (κ1) is 24.5. The van der Waals surface area contributed by atoms with Gasteiger partial charge in [0.15, 0.2) is 0 Å². The van der Waals surface area contributed by atoms with Crippen molar-refractivity contribution in [2.45, 2.75) is 12.5 Å². The topological polar surface area (TPSA) is 104 Å². The van der Waals surface area contributed by atoms with Gasteiger partial charge >= 0.3 is 0 Å². The Morgan fingerprint density at radius 3 is 2.67 bits per heavy atom. The molecule has 0 aliphatic carbocycles. The van der Waals surface area contributed by atoms with Crippen LogP contribution in [0.4, 0.5) is 4.39 Å². The first-order valence-corrected chi connectivity index (χ1v) is 12.4. The number of halogens is 2. The van der Waals surface area contributed by atoms with Gasteiger partial charge in [0.2, 0.25) is 0 Å². The zero-order valence-corrected chi connectivity index (χ0v) is 21.4. The number of tetrazole rings is 1. The van der Waals surface area contributed by atoms with Gasteiger partial charge in [-0.15, -0.1) is 5.10 Å². The second-order valence-corrected chi connectivity index (χ2v) is 9.34. The van der Waals surface area contributed by atoms with Crippen LogP contribution in [-0.4, -0.2) is 41.9 Å². The summed E-state index contributed by atoms with van der Waals surface area (Å²) in [7, 11) is 1.53. The number of imidazole rings is 1. The number of methoxy groups -OCH3 is 1. The van der Waals surface area contributed by atoms with E-state index in [1.54, 1.807) is 35.0 Å². The molecular formula is C28H21ClFN7O2. The smallest absolute Gasteiger partial charge is 0.252 e. The quantitative estimate of drug-likeness (QED) is 0.305. The number of ether oxygens (including phenoxy) is 1. The summed E-state index contributed by atoms with van der Waals surface area (Å²) in [5.74, 6) is 0.584. The first-order valence-electron chi connectivity index (χ1n) is 12.0. The van der Waals surface area contributed by atoms with Gasteiger partial charge in [0, 0.05) is 28.6 Å². The van der Waals surface area contributed by atoms with Crippen molar-refractivity contribution in [3.63, 3.8) is 0 Å². The maximum atomic E-state index is 13.9. The van der Waals surface area contributed by atoms with E-state index in [1.807, 2.05) is 30.3 Å². The fraction of sp³-hybridized carbons (Fsp3) is 0.107. The Morgan fingerprint density at radius 2 is 1.90 bits per heavy atom. The van der Waals surface area contributed by atoms with E-state index in [-0.39, 0.29) is 11.4 Å². The van der Waals surface area contributed by atoms with Crippen molar-refractivity contribution in [2.75, 3.05) is 7.11 Å². The molecule has 0 spiro atoms. The minimum absolute atomic E-state index is 0.291. The maximum absolute atomic E-state index is 13.9. The van der Waals surface area contributed by atoms with Crippen molar-refractivity contribution in [1.29, 1.82) is 0 Å². The Bertz CT molecular complexity index is 1830. The minimum Gasteiger partial charge on any atom is -0.495 e. The molecular weight excluding hydrogens is 521 g/mol. The Balaban J connectivity index is 1.52. The van der Waals surface area contributed by atoms with Crippen LogP contribution in [0.25, 0.3) is 27.8 Å². The molecule has 1 N–H and O–H groups in total. The average molecular weight is 542 g/mol. The van der Waals surface area contributed by atoms with Crippen molar-refractivity contribution in [3.05, 3.63) is 118 Å². The fourth-order valence-electron chi connectivity index (χ4n) is 4.66. The minimum atomic E-state index is -0.531. The molecule has 3 aromatic heterocycles. The molecule has 0 bridgehead atoms. The molecule has 0 radical (unpaired) electrons. The normalized spacial score (nSPS) is 12.1. The molecule has 0 aliphatic rings. The van der Waals surface area contributed by atoms with Crippen molar-refractivity contribution < 1.29 is 9.13 Å². The summed E-state index contributed by atoms with van der Waals surface area (Å²) in [6.45, 7) is 0. The zero-order valence-electron chi connectivity index (χ0n) is 20.6. The molecule has 11 heteroatoms. The number of fused-ring (bicyclic) bond motifs is 1. The predicted molar refractivity (Wildman–Crippen MR) is 145 cm³/mol. The third-order valence-corrected chi connectivity index (χ3v) is 6.73. The van der Waals surface area contributed by atoms with Crippen LogP contribution in [0.5, 0.6) is 5.75 Å². The fourth-order valence-corrected chi connectivity index (χ4v) is 4.84. The number of rotatable bonds is 7. The third kappa shape index (κ3) is 4.77. The monoisotopic (exact) mass is 541 g/mol. The molecule has 0 fully saturated rings. The Hall–Kier alpha value is -4.83. The van der Waals surface area contributed by atoms with E-state index in [0.717, 1.165) is 5.56 Å². The van der Waals surface area contributed by atoms with Crippen molar-refractivity contribution in [2.24, 2.45) is 0 Å². The second kappa shape index (κ2) is 10.1. The van der Waals surface area contributed by atoms with E-state index >= 15 is 0 Å². The number of hydrogen-bond acceptors (Lipinski definition) is 6. The van der Waals surface area contributed by atoms with Gasteiger partial charge in [0.1, 0.15) is 23.7 Å². The van der Waals surface area contributed by atoms with Gasteiger partial charge in [-0.3, -0.25) is 4.79 Å². The highest BCUT2D eigenvalue weighted by atomic mass is 35.5. The molecule has 3 aromatic carbocycles. The summed E-state index contributed by atoms with van der Waals surface area (Å²) in [5, 5.41) is 11.9. The molecule has 0 saturated heterocycles. The second-order valence-electron chi connectivity index (χ2n) is 8.91. The number of benzene rings is 3. The summed E-state index contributed by atoms with van der Waals surface area (Å²) in [5.41, 5.74) is 3.63. The van der Waals surface area contributed by atoms with Crippen LogP contribution in [0.1, 0.15) is 17.4 Å². The van der Waals surface area contributed by atoms with Gasteiger partial charge in [0.25, 0.3) is 5.56 Å². The standard InChI is InChI=1S/C28H21ClFN7O2/c1-39-26-15-36(27(38)14-21(26)20-12-18(29)7-10-24(20)37-16-31-34-35-37)25(11-17-5-3-2-4-6-17)28-32-22-9-8-19(30)13-23(22)33-28/h2-10,12-16,25H,11H2,1H3,(H,32,33).